The molecule has 104 valence electrons. The fourth-order valence-electron chi connectivity index (χ4n) is 1.76. The first-order valence-corrected chi connectivity index (χ1v) is 6.42. The molecule has 0 heterocycles. The number of unbranched alkanes of at least 4 members (excludes halogenated alkanes) is 2. The van der Waals surface area contributed by atoms with E-state index in [4.69, 9.17) is 5.11 Å². The lowest BCUT2D eigenvalue weighted by Crippen LogP contribution is -2.12. The molecule has 0 saturated heterocycles. The molecule has 0 unspecified atom stereocenters. The van der Waals surface area contributed by atoms with Gasteiger partial charge in [0.05, 0.1) is 11.4 Å². The van der Waals surface area contributed by atoms with Crippen LogP contribution in [0.25, 0.3) is 0 Å². The first-order chi connectivity index (χ1) is 9.13. The van der Waals surface area contributed by atoms with E-state index in [9.17, 15) is 9.59 Å². The fraction of sp³-hybridized carbons (Fsp3) is 0.429. The third kappa shape index (κ3) is 5.90. The molecular formula is C14H20N2O3. The van der Waals surface area contributed by atoms with Crippen LogP contribution in [0.1, 0.15) is 32.1 Å². The number of carboxylic acid groups (broad SMARTS) is 1. The lowest BCUT2D eigenvalue weighted by Gasteiger charge is -2.10. The number of para-hydroxylation sites is 2. The molecule has 0 aliphatic heterocycles. The molecule has 0 radical (unpaired) electrons. The molecule has 1 amide bonds. The second-order valence-electron chi connectivity index (χ2n) is 4.30. The summed E-state index contributed by atoms with van der Waals surface area (Å²) >= 11 is 0. The Balaban J connectivity index is 2.29. The molecule has 19 heavy (non-hydrogen) atoms. The summed E-state index contributed by atoms with van der Waals surface area (Å²) in [6, 6.07) is 7.49. The van der Waals surface area contributed by atoms with Crippen molar-refractivity contribution in [3.8, 4) is 0 Å². The zero-order valence-electron chi connectivity index (χ0n) is 11.1. The van der Waals surface area contributed by atoms with Crippen LogP contribution >= 0.6 is 0 Å². The van der Waals surface area contributed by atoms with E-state index >= 15 is 0 Å². The number of carbonyl (C=O) groups is 2. The van der Waals surface area contributed by atoms with Crippen molar-refractivity contribution in [1.82, 2.24) is 0 Å². The van der Waals surface area contributed by atoms with Gasteiger partial charge in [-0.1, -0.05) is 18.6 Å². The zero-order chi connectivity index (χ0) is 14.1. The Labute approximate surface area is 113 Å². The number of hydrogen-bond donors (Lipinski definition) is 3. The monoisotopic (exact) mass is 264 g/mol. The average molecular weight is 264 g/mol. The van der Waals surface area contributed by atoms with E-state index in [1.807, 2.05) is 24.3 Å². The number of carboxylic acids is 1. The number of benzene rings is 1. The summed E-state index contributed by atoms with van der Waals surface area (Å²) in [7, 11) is 1.80. The van der Waals surface area contributed by atoms with E-state index in [2.05, 4.69) is 10.6 Å². The van der Waals surface area contributed by atoms with Crippen molar-refractivity contribution >= 4 is 23.3 Å². The van der Waals surface area contributed by atoms with E-state index in [1.54, 1.807) is 7.05 Å². The Bertz CT molecular complexity index is 432. The van der Waals surface area contributed by atoms with Gasteiger partial charge in [-0.05, 0) is 25.0 Å². The Hall–Kier alpha value is -2.04. The standard InChI is InChI=1S/C14H20N2O3/c1-15-11-7-5-6-8-12(11)16-13(17)9-3-2-4-10-14(18)19/h5-8,15H,2-4,9-10H2,1H3,(H,16,17)(H,18,19). The van der Waals surface area contributed by atoms with Crippen molar-refractivity contribution in [2.45, 2.75) is 32.1 Å². The molecule has 5 heteroatoms. The predicted molar refractivity (Wildman–Crippen MR) is 75.3 cm³/mol. The van der Waals surface area contributed by atoms with E-state index in [0.29, 0.717) is 19.3 Å². The van der Waals surface area contributed by atoms with Crippen molar-refractivity contribution in [3.63, 3.8) is 0 Å². The van der Waals surface area contributed by atoms with E-state index < -0.39 is 5.97 Å². The first-order valence-electron chi connectivity index (χ1n) is 6.42. The van der Waals surface area contributed by atoms with Gasteiger partial charge in [0.2, 0.25) is 5.91 Å². The third-order valence-corrected chi connectivity index (χ3v) is 2.76. The first kappa shape index (κ1) is 15.0. The molecule has 0 aromatic heterocycles. The van der Waals surface area contributed by atoms with Crippen LogP contribution in [0.2, 0.25) is 0 Å². The molecule has 1 rings (SSSR count). The minimum absolute atomic E-state index is 0.0435. The number of amides is 1. The largest absolute Gasteiger partial charge is 0.481 e. The van der Waals surface area contributed by atoms with Crippen LogP contribution in [-0.4, -0.2) is 24.0 Å². The van der Waals surface area contributed by atoms with Crippen LogP contribution in [0.4, 0.5) is 11.4 Å². The topological polar surface area (TPSA) is 78.4 Å². The maximum atomic E-state index is 11.7. The molecule has 0 aliphatic carbocycles. The summed E-state index contributed by atoms with van der Waals surface area (Å²) in [5.74, 6) is -0.828. The Morgan fingerprint density at radius 1 is 1.05 bits per heavy atom. The lowest BCUT2D eigenvalue weighted by molar-refractivity contribution is -0.137. The van der Waals surface area contributed by atoms with Gasteiger partial charge < -0.3 is 15.7 Å². The van der Waals surface area contributed by atoms with Gasteiger partial charge in [0.1, 0.15) is 0 Å². The van der Waals surface area contributed by atoms with Gasteiger partial charge >= 0.3 is 5.97 Å². The van der Waals surface area contributed by atoms with E-state index in [1.165, 1.54) is 0 Å². The third-order valence-electron chi connectivity index (χ3n) is 2.76. The molecular weight excluding hydrogens is 244 g/mol. The van der Waals surface area contributed by atoms with Gasteiger partial charge in [-0.2, -0.15) is 0 Å². The quantitative estimate of drug-likeness (QED) is 0.631. The summed E-state index contributed by atoms with van der Waals surface area (Å²) in [5, 5.41) is 14.3. The summed E-state index contributed by atoms with van der Waals surface area (Å²) in [5.41, 5.74) is 1.64. The number of aliphatic carboxylic acids is 1. The van der Waals surface area contributed by atoms with E-state index in [0.717, 1.165) is 17.8 Å². The van der Waals surface area contributed by atoms with Crippen LogP contribution in [-0.2, 0) is 9.59 Å². The highest BCUT2D eigenvalue weighted by molar-refractivity contribution is 5.94. The molecule has 0 fully saturated rings. The van der Waals surface area contributed by atoms with Gasteiger partial charge in [0.25, 0.3) is 0 Å². The van der Waals surface area contributed by atoms with Crippen molar-refractivity contribution in [3.05, 3.63) is 24.3 Å². The fourth-order valence-corrected chi connectivity index (χ4v) is 1.76. The summed E-state index contributed by atoms with van der Waals surface area (Å²) in [6.45, 7) is 0. The number of carbonyl (C=O) groups excluding carboxylic acids is 1. The van der Waals surface area contributed by atoms with E-state index in [-0.39, 0.29) is 12.3 Å². The highest BCUT2D eigenvalue weighted by atomic mass is 16.4. The molecule has 0 spiro atoms. The van der Waals surface area contributed by atoms with Gasteiger partial charge in [-0.15, -0.1) is 0 Å². The second-order valence-corrected chi connectivity index (χ2v) is 4.30. The van der Waals surface area contributed by atoms with Crippen LogP contribution in [0.5, 0.6) is 0 Å². The van der Waals surface area contributed by atoms with Gasteiger partial charge in [-0.3, -0.25) is 9.59 Å². The maximum absolute atomic E-state index is 11.7. The highest BCUT2D eigenvalue weighted by Crippen LogP contribution is 2.20. The number of rotatable bonds is 8. The molecule has 0 atom stereocenters. The Kier molecular flexibility index (Phi) is 6.43. The van der Waals surface area contributed by atoms with Crippen molar-refractivity contribution < 1.29 is 14.7 Å². The molecule has 0 aliphatic rings. The van der Waals surface area contributed by atoms with Crippen LogP contribution in [0.15, 0.2) is 24.3 Å². The minimum atomic E-state index is -0.785. The van der Waals surface area contributed by atoms with Crippen molar-refractivity contribution in [2.24, 2.45) is 0 Å². The summed E-state index contributed by atoms with van der Waals surface area (Å²) in [6.07, 6.45) is 2.67. The molecule has 1 aromatic carbocycles. The smallest absolute Gasteiger partial charge is 0.303 e. The Morgan fingerprint density at radius 2 is 1.68 bits per heavy atom. The molecule has 0 bridgehead atoms. The minimum Gasteiger partial charge on any atom is -0.481 e. The Morgan fingerprint density at radius 3 is 2.32 bits per heavy atom. The van der Waals surface area contributed by atoms with Crippen molar-refractivity contribution in [1.29, 1.82) is 0 Å². The number of nitrogens with one attached hydrogen (secondary N) is 2. The zero-order valence-corrected chi connectivity index (χ0v) is 11.1. The number of anilines is 2. The lowest BCUT2D eigenvalue weighted by atomic mass is 10.1. The van der Waals surface area contributed by atoms with Gasteiger partial charge in [0.15, 0.2) is 0 Å². The molecule has 0 saturated carbocycles. The molecule has 1 aromatic rings. The predicted octanol–water partition coefficient (Wildman–Crippen LogP) is 2.70. The number of hydrogen-bond acceptors (Lipinski definition) is 3. The van der Waals surface area contributed by atoms with Crippen molar-refractivity contribution in [2.75, 3.05) is 17.7 Å². The SMILES string of the molecule is CNc1ccccc1NC(=O)CCCCCC(=O)O. The highest BCUT2D eigenvalue weighted by Gasteiger charge is 2.05. The van der Waals surface area contributed by atoms with Gasteiger partial charge in [-0.25, -0.2) is 0 Å². The summed E-state index contributed by atoms with van der Waals surface area (Å²) in [4.78, 5) is 22.0. The normalized spacial score (nSPS) is 9.95. The molecule has 5 nitrogen and oxygen atoms in total. The molecule has 3 N–H and O–H groups in total. The van der Waals surface area contributed by atoms with Gasteiger partial charge in [0, 0.05) is 19.9 Å². The second kappa shape index (κ2) is 8.13. The maximum Gasteiger partial charge on any atom is 0.303 e. The van der Waals surface area contributed by atoms with Crippen LogP contribution in [0.3, 0.4) is 0 Å². The average Bonchev–Trinajstić information content (AvgIpc) is 2.38. The van der Waals surface area contributed by atoms with Crippen LogP contribution in [0, 0.1) is 0 Å². The van der Waals surface area contributed by atoms with Crippen LogP contribution < -0.4 is 10.6 Å². The summed E-state index contributed by atoms with van der Waals surface area (Å²) < 4.78 is 0.